The molecule has 5 nitrogen and oxygen atoms in total. The van der Waals surface area contributed by atoms with Crippen LogP contribution in [0.4, 0.5) is 0 Å². The van der Waals surface area contributed by atoms with E-state index in [-0.39, 0.29) is 17.7 Å². The molecule has 0 aromatic carbocycles. The molecule has 2 rings (SSSR count). The molecule has 1 fully saturated rings. The van der Waals surface area contributed by atoms with Gasteiger partial charge in [0.2, 0.25) is 0 Å². The van der Waals surface area contributed by atoms with Crippen LogP contribution in [0.25, 0.3) is 0 Å². The van der Waals surface area contributed by atoms with Gasteiger partial charge in [-0.25, -0.2) is 8.42 Å². The molecule has 0 N–H and O–H groups in total. The first-order chi connectivity index (χ1) is 9.30. The van der Waals surface area contributed by atoms with Crippen LogP contribution in [-0.2, 0) is 9.84 Å². The Kier molecular flexibility index (Phi) is 4.22. The number of carbonyl (C=O) groups is 1. The molecular formula is C14H21NO4S. The van der Waals surface area contributed by atoms with E-state index < -0.39 is 15.1 Å². The Morgan fingerprint density at radius 2 is 1.95 bits per heavy atom. The predicted octanol–water partition coefficient (Wildman–Crippen LogP) is 2.02. The minimum Gasteiger partial charge on any atom is -0.456 e. The van der Waals surface area contributed by atoms with Crippen LogP contribution in [0, 0.1) is 6.92 Å². The molecule has 1 aliphatic carbocycles. The van der Waals surface area contributed by atoms with E-state index in [1.807, 2.05) is 0 Å². The molecule has 0 bridgehead atoms. The molecular weight excluding hydrogens is 278 g/mol. The molecule has 1 aromatic heterocycles. The Balaban J connectivity index is 2.21. The van der Waals surface area contributed by atoms with Crippen molar-refractivity contribution in [1.29, 1.82) is 0 Å². The number of hydrogen-bond donors (Lipinski definition) is 0. The molecule has 1 aliphatic rings. The van der Waals surface area contributed by atoms with Gasteiger partial charge in [0.1, 0.15) is 5.76 Å². The van der Waals surface area contributed by atoms with E-state index in [0.29, 0.717) is 12.2 Å². The lowest BCUT2D eigenvalue weighted by atomic mass is 9.93. The number of rotatable bonds is 3. The summed E-state index contributed by atoms with van der Waals surface area (Å²) in [6.45, 7) is 1.77. The maximum absolute atomic E-state index is 12.4. The van der Waals surface area contributed by atoms with Gasteiger partial charge in [-0.05, 0) is 31.9 Å². The minimum atomic E-state index is -3.16. The van der Waals surface area contributed by atoms with Crippen molar-refractivity contribution >= 4 is 15.7 Å². The highest BCUT2D eigenvalue weighted by Crippen LogP contribution is 2.28. The highest BCUT2D eigenvalue weighted by atomic mass is 32.2. The minimum absolute atomic E-state index is 0.251. The molecule has 6 heteroatoms. The summed E-state index contributed by atoms with van der Waals surface area (Å²) in [5, 5.41) is -0.471. The first-order valence-electron chi connectivity index (χ1n) is 6.83. The Labute approximate surface area is 119 Å². The van der Waals surface area contributed by atoms with Crippen LogP contribution in [0.1, 0.15) is 42.0 Å². The van der Waals surface area contributed by atoms with Crippen LogP contribution >= 0.6 is 0 Å². The van der Waals surface area contributed by atoms with Crippen LogP contribution in [0.15, 0.2) is 16.5 Å². The standard InChI is InChI=1S/C14H21NO4S/c1-10-8-9-12(19-10)14(16)15(2)11-6-4-5-7-13(11)20(3,17)18/h8-9,11,13H,4-7H2,1-3H3/t11-,13-/m1/s1. The van der Waals surface area contributed by atoms with Crippen LogP contribution in [-0.4, -0.2) is 43.8 Å². The third-order valence-corrected chi connectivity index (χ3v) is 5.64. The second kappa shape index (κ2) is 5.60. The fourth-order valence-electron chi connectivity index (χ4n) is 2.89. The summed E-state index contributed by atoms with van der Waals surface area (Å²) in [5.41, 5.74) is 0. The van der Waals surface area contributed by atoms with Crippen molar-refractivity contribution in [1.82, 2.24) is 4.90 Å². The van der Waals surface area contributed by atoms with Crippen molar-refractivity contribution in [2.75, 3.05) is 13.3 Å². The lowest BCUT2D eigenvalue weighted by molar-refractivity contribution is 0.0667. The van der Waals surface area contributed by atoms with E-state index in [0.717, 1.165) is 19.3 Å². The second-order valence-electron chi connectivity index (χ2n) is 5.55. The van der Waals surface area contributed by atoms with Gasteiger partial charge in [0.25, 0.3) is 5.91 Å². The van der Waals surface area contributed by atoms with Crippen molar-refractivity contribution in [2.24, 2.45) is 0 Å². The van der Waals surface area contributed by atoms with Crippen molar-refractivity contribution < 1.29 is 17.6 Å². The fraction of sp³-hybridized carbons (Fsp3) is 0.643. The summed E-state index contributed by atoms with van der Waals surface area (Å²) in [6, 6.07) is 3.10. The summed E-state index contributed by atoms with van der Waals surface area (Å²) in [7, 11) is -1.49. The van der Waals surface area contributed by atoms with Gasteiger partial charge >= 0.3 is 0 Å². The predicted molar refractivity (Wildman–Crippen MR) is 76.4 cm³/mol. The van der Waals surface area contributed by atoms with E-state index in [1.54, 1.807) is 26.1 Å². The summed E-state index contributed by atoms with van der Waals surface area (Å²) in [4.78, 5) is 13.9. The van der Waals surface area contributed by atoms with Crippen LogP contribution in [0.3, 0.4) is 0 Å². The number of aryl methyl sites for hydroxylation is 1. The zero-order valence-electron chi connectivity index (χ0n) is 12.1. The zero-order valence-corrected chi connectivity index (χ0v) is 12.9. The van der Waals surface area contributed by atoms with Gasteiger partial charge in [-0.2, -0.15) is 0 Å². The molecule has 0 spiro atoms. The Morgan fingerprint density at radius 3 is 2.50 bits per heavy atom. The molecule has 0 aliphatic heterocycles. The number of carbonyl (C=O) groups excluding carboxylic acids is 1. The quantitative estimate of drug-likeness (QED) is 0.856. The van der Waals surface area contributed by atoms with Gasteiger partial charge in [0, 0.05) is 19.3 Å². The van der Waals surface area contributed by atoms with Gasteiger partial charge < -0.3 is 9.32 Å². The number of hydrogen-bond acceptors (Lipinski definition) is 4. The van der Waals surface area contributed by atoms with Gasteiger partial charge in [-0.3, -0.25) is 4.79 Å². The highest BCUT2D eigenvalue weighted by molar-refractivity contribution is 7.91. The molecule has 1 saturated carbocycles. The van der Waals surface area contributed by atoms with Gasteiger partial charge in [0.05, 0.1) is 5.25 Å². The first kappa shape index (κ1) is 15.1. The van der Waals surface area contributed by atoms with E-state index in [2.05, 4.69) is 0 Å². The number of nitrogens with zero attached hydrogens (tertiary/aromatic N) is 1. The molecule has 1 heterocycles. The first-order valence-corrected chi connectivity index (χ1v) is 8.78. The summed E-state index contributed by atoms with van der Waals surface area (Å²) < 4.78 is 29.1. The second-order valence-corrected chi connectivity index (χ2v) is 7.81. The fourth-order valence-corrected chi connectivity index (χ4v) is 4.38. The number of sulfone groups is 1. The molecule has 2 atom stereocenters. The molecule has 1 aromatic rings. The third kappa shape index (κ3) is 3.06. The Morgan fingerprint density at radius 1 is 1.30 bits per heavy atom. The molecule has 20 heavy (non-hydrogen) atoms. The van der Waals surface area contributed by atoms with Crippen molar-refractivity contribution in [3.05, 3.63) is 23.7 Å². The summed E-state index contributed by atoms with van der Waals surface area (Å²) in [5.74, 6) is 0.687. The summed E-state index contributed by atoms with van der Waals surface area (Å²) >= 11 is 0. The average molecular weight is 299 g/mol. The SMILES string of the molecule is Cc1ccc(C(=O)N(C)[C@@H]2CCCC[C@H]2S(C)(=O)=O)o1. The van der Waals surface area contributed by atoms with E-state index in [4.69, 9.17) is 4.42 Å². The van der Waals surface area contributed by atoms with Crippen LogP contribution in [0.2, 0.25) is 0 Å². The molecule has 112 valence electrons. The molecule has 0 saturated heterocycles. The normalized spacial score (nSPS) is 23.6. The molecule has 0 unspecified atom stereocenters. The topological polar surface area (TPSA) is 67.6 Å². The Hall–Kier alpha value is -1.30. The maximum Gasteiger partial charge on any atom is 0.289 e. The van der Waals surface area contributed by atoms with Crippen LogP contribution in [0.5, 0.6) is 0 Å². The van der Waals surface area contributed by atoms with Crippen molar-refractivity contribution in [2.45, 2.75) is 43.9 Å². The van der Waals surface area contributed by atoms with Crippen molar-refractivity contribution in [3.8, 4) is 0 Å². The number of amides is 1. The monoisotopic (exact) mass is 299 g/mol. The smallest absolute Gasteiger partial charge is 0.289 e. The number of furan rings is 1. The lowest BCUT2D eigenvalue weighted by Crippen LogP contribution is -2.49. The van der Waals surface area contributed by atoms with E-state index >= 15 is 0 Å². The highest BCUT2D eigenvalue weighted by Gasteiger charge is 2.37. The average Bonchev–Trinajstić information content (AvgIpc) is 2.83. The molecule has 1 amide bonds. The van der Waals surface area contributed by atoms with E-state index in [1.165, 1.54) is 11.2 Å². The van der Waals surface area contributed by atoms with Gasteiger partial charge in [0.15, 0.2) is 15.6 Å². The molecule has 0 radical (unpaired) electrons. The summed E-state index contributed by atoms with van der Waals surface area (Å²) in [6.07, 6.45) is 4.45. The lowest BCUT2D eigenvalue weighted by Gasteiger charge is -2.36. The third-order valence-electron chi connectivity index (χ3n) is 3.99. The Bertz CT molecular complexity index is 590. The zero-order chi connectivity index (χ0) is 14.9. The van der Waals surface area contributed by atoms with E-state index in [9.17, 15) is 13.2 Å². The van der Waals surface area contributed by atoms with Gasteiger partial charge in [-0.15, -0.1) is 0 Å². The van der Waals surface area contributed by atoms with Crippen LogP contribution < -0.4 is 0 Å². The van der Waals surface area contributed by atoms with Crippen molar-refractivity contribution in [3.63, 3.8) is 0 Å². The maximum atomic E-state index is 12.4. The largest absolute Gasteiger partial charge is 0.456 e. The van der Waals surface area contributed by atoms with Gasteiger partial charge in [-0.1, -0.05) is 12.8 Å².